The van der Waals surface area contributed by atoms with Crippen LogP contribution in [-0.2, 0) is 0 Å². The van der Waals surface area contributed by atoms with Gasteiger partial charge in [-0.15, -0.1) is 0 Å². The number of nitrogens with one attached hydrogen (secondary N) is 1. The monoisotopic (exact) mass is 274 g/mol. The van der Waals surface area contributed by atoms with Gasteiger partial charge in [0.2, 0.25) is 0 Å². The highest BCUT2D eigenvalue weighted by molar-refractivity contribution is 14.1. The van der Waals surface area contributed by atoms with E-state index in [2.05, 4.69) is 32.9 Å². The summed E-state index contributed by atoms with van der Waals surface area (Å²) in [6, 6.07) is 0. The zero-order chi connectivity index (χ0) is 6.85. The molecule has 1 rings (SSSR count). The molecule has 0 amide bonds. The van der Waals surface area contributed by atoms with E-state index in [0.29, 0.717) is 5.15 Å². The number of hydrogen-bond donors (Lipinski definition) is 1. The Hall–Kier alpha value is 0.450. The lowest BCUT2D eigenvalue weighted by atomic mass is 10.8. The summed E-state index contributed by atoms with van der Waals surface area (Å²) in [5, 5.41) is 4.43. The molecule has 0 radical (unpaired) electrons. The van der Waals surface area contributed by atoms with E-state index in [0.717, 1.165) is 8.02 Å². The number of aromatic nitrogens is 1. The average molecular weight is 275 g/mol. The summed E-state index contributed by atoms with van der Waals surface area (Å²) in [7, 11) is 1.83. The van der Waals surface area contributed by atoms with Crippen molar-refractivity contribution in [2.24, 2.45) is 0 Å². The molecule has 0 saturated carbocycles. The first-order valence-corrected chi connectivity index (χ1v) is 4.51. The fraction of sp³-hybridized carbons (Fsp3) is 0.250. The third-order valence-corrected chi connectivity index (χ3v) is 2.94. The van der Waals surface area contributed by atoms with Gasteiger partial charge in [-0.3, -0.25) is 0 Å². The number of rotatable bonds is 1. The molecule has 1 N–H and O–H groups in total. The summed E-state index contributed by atoms with van der Waals surface area (Å²) in [5.74, 6) is 0. The van der Waals surface area contributed by atoms with Gasteiger partial charge in [0.15, 0.2) is 8.17 Å². The molecule has 2 nitrogen and oxygen atoms in total. The summed E-state index contributed by atoms with van der Waals surface area (Å²) in [6.07, 6.45) is 0. The molecule has 0 unspecified atom stereocenters. The molecule has 0 atom stereocenters. The highest BCUT2D eigenvalue weighted by atomic mass is 127. The van der Waals surface area contributed by atoms with E-state index in [1.54, 1.807) is 11.3 Å². The molecule has 0 bridgehead atoms. The topological polar surface area (TPSA) is 24.9 Å². The number of thiazole rings is 1. The van der Waals surface area contributed by atoms with Gasteiger partial charge in [-0.1, -0.05) is 22.9 Å². The molecule has 0 aliphatic rings. The molecular formula is C4H4ClIN2S. The third kappa shape index (κ3) is 1.68. The van der Waals surface area contributed by atoms with Crippen LogP contribution in [0.15, 0.2) is 0 Å². The first-order chi connectivity index (χ1) is 4.24. The van der Waals surface area contributed by atoms with E-state index in [9.17, 15) is 0 Å². The maximum atomic E-state index is 5.68. The van der Waals surface area contributed by atoms with Crippen LogP contribution in [0.3, 0.4) is 0 Å². The van der Waals surface area contributed by atoms with Crippen LogP contribution < -0.4 is 5.32 Å². The summed E-state index contributed by atoms with van der Waals surface area (Å²) in [6.45, 7) is 0. The maximum absolute atomic E-state index is 5.68. The van der Waals surface area contributed by atoms with E-state index in [4.69, 9.17) is 11.6 Å². The molecule has 1 heterocycles. The van der Waals surface area contributed by atoms with Gasteiger partial charge < -0.3 is 5.32 Å². The van der Waals surface area contributed by atoms with Gasteiger partial charge >= 0.3 is 0 Å². The molecule has 0 spiro atoms. The molecular weight excluding hydrogens is 270 g/mol. The van der Waals surface area contributed by atoms with Crippen LogP contribution in [0.4, 0.5) is 5.00 Å². The molecule has 50 valence electrons. The first kappa shape index (κ1) is 7.56. The van der Waals surface area contributed by atoms with Gasteiger partial charge in [0.25, 0.3) is 0 Å². The van der Waals surface area contributed by atoms with Crippen LogP contribution in [0.1, 0.15) is 0 Å². The molecule has 0 aromatic carbocycles. The highest BCUT2D eigenvalue weighted by Gasteiger charge is 2.03. The van der Waals surface area contributed by atoms with Crippen LogP contribution >= 0.6 is 45.5 Å². The standard InChI is InChI=1S/C4H4ClIN2S/c1-7-3-2(5)8-4(6)9-3/h7H,1H3. The molecule has 5 heteroatoms. The van der Waals surface area contributed by atoms with Gasteiger partial charge in [-0.05, 0) is 22.6 Å². The summed E-state index contributed by atoms with van der Waals surface area (Å²) >= 11 is 9.36. The fourth-order valence-electron chi connectivity index (χ4n) is 0.431. The number of nitrogens with zero attached hydrogens (tertiary/aromatic N) is 1. The molecule has 9 heavy (non-hydrogen) atoms. The van der Waals surface area contributed by atoms with Gasteiger partial charge in [0.1, 0.15) is 5.00 Å². The molecule has 0 aliphatic heterocycles. The Bertz CT molecular complexity index is 212. The van der Waals surface area contributed by atoms with E-state index in [-0.39, 0.29) is 0 Å². The lowest BCUT2D eigenvalue weighted by molar-refractivity contribution is 1.37. The molecule has 0 fully saturated rings. The predicted molar refractivity (Wildman–Crippen MR) is 49.4 cm³/mol. The van der Waals surface area contributed by atoms with E-state index in [1.807, 2.05) is 7.05 Å². The summed E-state index contributed by atoms with van der Waals surface area (Å²) in [4.78, 5) is 3.99. The zero-order valence-corrected chi connectivity index (χ0v) is 8.34. The van der Waals surface area contributed by atoms with Crippen molar-refractivity contribution in [2.75, 3.05) is 12.4 Å². The zero-order valence-electron chi connectivity index (χ0n) is 4.61. The van der Waals surface area contributed by atoms with Crippen molar-refractivity contribution in [3.05, 3.63) is 8.17 Å². The third-order valence-electron chi connectivity index (χ3n) is 0.787. The Kier molecular flexibility index (Phi) is 2.54. The minimum atomic E-state index is 0.562. The van der Waals surface area contributed by atoms with Gasteiger partial charge in [-0.2, -0.15) is 0 Å². The van der Waals surface area contributed by atoms with Crippen LogP contribution in [0.5, 0.6) is 0 Å². The molecule has 0 saturated heterocycles. The summed E-state index contributed by atoms with van der Waals surface area (Å²) in [5.41, 5.74) is 0. The molecule has 0 aliphatic carbocycles. The van der Waals surface area contributed by atoms with Crippen LogP contribution in [0.25, 0.3) is 0 Å². The number of hydrogen-bond acceptors (Lipinski definition) is 3. The molecule has 1 aromatic rings. The van der Waals surface area contributed by atoms with Gasteiger partial charge in [0.05, 0.1) is 0 Å². The fourth-order valence-corrected chi connectivity index (χ4v) is 2.36. The Morgan fingerprint density at radius 2 is 2.44 bits per heavy atom. The quantitative estimate of drug-likeness (QED) is 0.796. The summed E-state index contributed by atoms with van der Waals surface area (Å²) < 4.78 is 0.960. The average Bonchev–Trinajstić information content (AvgIpc) is 2.10. The van der Waals surface area contributed by atoms with Crippen LogP contribution in [0, 0.1) is 3.01 Å². The maximum Gasteiger partial charge on any atom is 0.164 e. The minimum Gasteiger partial charge on any atom is -0.377 e. The van der Waals surface area contributed by atoms with Crippen molar-refractivity contribution in [2.45, 2.75) is 0 Å². The normalized spacial score (nSPS) is 9.67. The van der Waals surface area contributed by atoms with Crippen molar-refractivity contribution >= 4 is 50.5 Å². The Balaban J connectivity index is 3.01. The van der Waals surface area contributed by atoms with Crippen molar-refractivity contribution in [3.8, 4) is 0 Å². The lowest BCUT2D eigenvalue weighted by Crippen LogP contribution is -1.82. The SMILES string of the molecule is CNc1sc(I)nc1Cl. The Labute approximate surface area is 75.8 Å². The van der Waals surface area contributed by atoms with Crippen molar-refractivity contribution in [3.63, 3.8) is 0 Å². The lowest BCUT2D eigenvalue weighted by Gasteiger charge is -1.88. The van der Waals surface area contributed by atoms with E-state index in [1.165, 1.54) is 0 Å². The number of halogens is 2. The minimum absolute atomic E-state index is 0.562. The van der Waals surface area contributed by atoms with Crippen LogP contribution in [-0.4, -0.2) is 12.0 Å². The van der Waals surface area contributed by atoms with E-state index >= 15 is 0 Å². The van der Waals surface area contributed by atoms with Gasteiger partial charge in [-0.25, -0.2) is 4.98 Å². The Morgan fingerprint density at radius 3 is 2.67 bits per heavy atom. The highest BCUT2D eigenvalue weighted by Crippen LogP contribution is 2.28. The smallest absolute Gasteiger partial charge is 0.164 e. The van der Waals surface area contributed by atoms with Crippen molar-refractivity contribution < 1.29 is 0 Å². The number of anilines is 1. The van der Waals surface area contributed by atoms with Gasteiger partial charge in [0, 0.05) is 7.05 Å². The largest absolute Gasteiger partial charge is 0.377 e. The van der Waals surface area contributed by atoms with Crippen LogP contribution in [0.2, 0.25) is 5.15 Å². The van der Waals surface area contributed by atoms with Crippen molar-refractivity contribution in [1.29, 1.82) is 0 Å². The second kappa shape index (κ2) is 3.03. The second-order valence-corrected chi connectivity index (χ2v) is 4.45. The first-order valence-electron chi connectivity index (χ1n) is 2.23. The van der Waals surface area contributed by atoms with Crippen molar-refractivity contribution in [1.82, 2.24) is 4.98 Å². The predicted octanol–water partition coefficient (Wildman–Crippen LogP) is 2.44. The second-order valence-electron chi connectivity index (χ2n) is 1.34. The Morgan fingerprint density at radius 1 is 1.78 bits per heavy atom. The van der Waals surface area contributed by atoms with E-state index < -0.39 is 0 Å². The molecule has 1 aromatic heterocycles.